The van der Waals surface area contributed by atoms with Crippen molar-refractivity contribution in [3.63, 3.8) is 0 Å². The summed E-state index contributed by atoms with van der Waals surface area (Å²) in [5.41, 5.74) is 9.94. The van der Waals surface area contributed by atoms with Gasteiger partial charge in [0, 0.05) is 70.5 Å². The van der Waals surface area contributed by atoms with Crippen LogP contribution < -0.4 is 5.32 Å². The number of aliphatic imine (C=N–C) groups is 1. The van der Waals surface area contributed by atoms with Crippen molar-refractivity contribution in [3.8, 4) is 5.69 Å². The maximum atomic E-state index is 5.34. The molecule has 0 amide bonds. The van der Waals surface area contributed by atoms with E-state index in [1.807, 2.05) is 22.7 Å². The zero-order chi connectivity index (χ0) is 32.9. The highest BCUT2D eigenvalue weighted by Crippen LogP contribution is 2.52. The lowest BCUT2D eigenvalue weighted by molar-refractivity contribution is 0.495. The SMILES string of the molecule is CC1C=CC(C2=C(c3ccc(-n4c5c(c6c7c8ccccc8sc7c7sc8ccccc8c7c64)C=CCC5)cc3)N=C3C=CC=CC3N2)CC1. The lowest BCUT2D eigenvalue weighted by atomic mass is 9.85. The van der Waals surface area contributed by atoms with E-state index in [0.717, 1.165) is 30.7 Å². The van der Waals surface area contributed by atoms with Gasteiger partial charge in [0.2, 0.25) is 0 Å². The maximum Gasteiger partial charge on any atom is 0.0901 e. The van der Waals surface area contributed by atoms with Crippen molar-refractivity contribution >= 4 is 91.4 Å². The second kappa shape index (κ2) is 11.0. The van der Waals surface area contributed by atoms with Crippen LogP contribution in [0.5, 0.6) is 0 Å². The van der Waals surface area contributed by atoms with Gasteiger partial charge in [-0.2, -0.15) is 0 Å². The highest BCUT2D eigenvalue weighted by atomic mass is 32.1. The highest BCUT2D eigenvalue weighted by Gasteiger charge is 2.30. The molecule has 3 atom stereocenters. The summed E-state index contributed by atoms with van der Waals surface area (Å²) in [6.07, 6.45) is 22.6. The molecule has 0 fully saturated rings. The van der Waals surface area contributed by atoms with Gasteiger partial charge in [-0.1, -0.05) is 98.0 Å². The maximum absolute atomic E-state index is 5.34. The van der Waals surface area contributed by atoms with Gasteiger partial charge in [0.25, 0.3) is 0 Å². The number of nitrogens with one attached hydrogen (secondary N) is 1. The van der Waals surface area contributed by atoms with Crippen molar-refractivity contribution < 1.29 is 0 Å². The molecule has 3 aliphatic carbocycles. The molecule has 50 heavy (non-hydrogen) atoms. The van der Waals surface area contributed by atoms with Gasteiger partial charge >= 0.3 is 0 Å². The first-order chi connectivity index (χ1) is 24.7. The minimum atomic E-state index is 0.129. The number of allylic oxidation sites excluding steroid dienone is 5. The number of hydrogen-bond acceptors (Lipinski definition) is 4. The van der Waals surface area contributed by atoms with Gasteiger partial charge in [-0.15, -0.1) is 22.7 Å². The first kappa shape index (κ1) is 28.8. The molecule has 4 aromatic carbocycles. The van der Waals surface area contributed by atoms with Crippen LogP contribution in [-0.4, -0.2) is 16.3 Å². The van der Waals surface area contributed by atoms with Crippen LogP contribution in [0.25, 0.3) is 68.7 Å². The van der Waals surface area contributed by atoms with Gasteiger partial charge in [0.15, 0.2) is 0 Å². The Morgan fingerprint density at radius 3 is 2.30 bits per heavy atom. The van der Waals surface area contributed by atoms with Crippen LogP contribution in [0, 0.1) is 11.8 Å². The van der Waals surface area contributed by atoms with Crippen LogP contribution in [0.1, 0.15) is 43.0 Å². The van der Waals surface area contributed by atoms with Crippen LogP contribution in [0.2, 0.25) is 0 Å². The Hall–Kier alpha value is -4.97. The molecule has 4 heterocycles. The van der Waals surface area contributed by atoms with Crippen LogP contribution in [-0.2, 0) is 6.42 Å². The molecule has 5 heteroatoms. The summed E-state index contributed by atoms with van der Waals surface area (Å²) >= 11 is 3.90. The standard InChI is InChI=1S/C45H35N3S2/c1-26-18-20-27(21-19-26)41-42(47-34-14-6-5-13-33(34)46-41)28-22-24-29(25-23-28)48-35-15-7-2-10-30(35)38-39-31-11-3-8-16-36(31)49-44(39)45-40(43(38)48)32-12-4-9-17-37(32)50-45/h2-6,8-14,16-18,20,22-27,33,46H,7,15,19,21H2,1H3. The molecule has 3 nitrogen and oxygen atoms in total. The van der Waals surface area contributed by atoms with Crippen LogP contribution in [0.3, 0.4) is 0 Å². The monoisotopic (exact) mass is 681 g/mol. The number of aromatic nitrogens is 1. The fourth-order valence-electron chi connectivity index (χ4n) is 8.81. The van der Waals surface area contributed by atoms with E-state index < -0.39 is 0 Å². The summed E-state index contributed by atoms with van der Waals surface area (Å²) in [5.74, 6) is 0.979. The van der Waals surface area contributed by atoms with Crippen LogP contribution in [0.4, 0.5) is 0 Å². The molecule has 0 spiro atoms. The van der Waals surface area contributed by atoms with Gasteiger partial charge in [-0.25, -0.2) is 4.99 Å². The van der Waals surface area contributed by atoms with Crippen molar-refractivity contribution in [1.82, 2.24) is 9.88 Å². The highest BCUT2D eigenvalue weighted by molar-refractivity contribution is 7.33. The number of hydrogen-bond donors (Lipinski definition) is 1. The normalized spacial score (nSPS) is 21.5. The third-order valence-corrected chi connectivity index (χ3v) is 13.7. The molecule has 1 aliphatic heterocycles. The smallest absolute Gasteiger partial charge is 0.0901 e. The van der Waals surface area contributed by atoms with E-state index in [2.05, 4.69) is 138 Å². The van der Waals surface area contributed by atoms with Gasteiger partial charge in [0.05, 0.1) is 32.4 Å². The fraction of sp³-hybridized carbons (Fsp3) is 0.178. The molecule has 7 aromatic rings. The summed E-state index contributed by atoms with van der Waals surface area (Å²) in [5, 5.41) is 10.8. The average Bonchev–Trinajstić information content (AvgIpc) is 3.85. The first-order valence-electron chi connectivity index (χ1n) is 17.9. The molecule has 0 radical (unpaired) electrons. The summed E-state index contributed by atoms with van der Waals surface area (Å²) in [6.45, 7) is 2.32. The molecule has 0 saturated carbocycles. The van der Waals surface area contributed by atoms with Gasteiger partial charge < -0.3 is 9.88 Å². The van der Waals surface area contributed by atoms with E-state index in [-0.39, 0.29) is 6.04 Å². The Kier molecular flexibility index (Phi) is 6.35. The molecule has 3 unspecified atom stereocenters. The van der Waals surface area contributed by atoms with Crippen molar-refractivity contribution in [2.24, 2.45) is 16.8 Å². The average molecular weight is 682 g/mol. The second-order valence-electron chi connectivity index (χ2n) is 14.2. The molecular formula is C45H35N3S2. The Bertz CT molecular complexity index is 2760. The molecular weight excluding hydrogens is 647 g/mol. The van der Waals surface area contributed by atoms with E-state index >= 15 is 0 Å². The molecule has 4 aliphatic rings. The predicted molar refractivity (Wildman–Crippen MR) is 217 cm³/mol. The number of nitrogens with zero attached hydrogens (tertiary/aromatic N) is 2. The Morgan fingerprint density at radius 2 is 1.52 bits per heavy atom. The number of fused-ring (bicyclic) bond motifs is 13. The Balaban J connectivity index is 1.17. The van der Waals surface area contributed by atoms with Crippen molar-refractivity contribution in [2.75, 3.05) is 0 Å². The van der Waals surface area contributed by atoms with E-state index in [9.17, 15) is 0 Å². The number of rotatable bonds is 3. The minimum Gasteiger partial charge on any atom is -0.374 e. The third kappa shape index (κ3) is 4.17. The topological polar surface area (TPSA) is 29.3 Å². The predicted octanol–water partition coefficient (Wildman–Crippen LogP) is 12.1. The van der Waals surface area contributed by atoms with E-state index in [0.29, 0.717) is 11.8 Å². The molecule has 11 rings (SSSR count). The molecule has 1 N–H and O–H groups in total. The lowest BCUT2D eigenvalue weighted by Crippen LogP contribution is -2.40. The Morgan fingerprint density at radius 1 is 0.760 bits per heavy atom. The van der Waals surface area contributed by atoms with E-state index in [1.165, 1.54) is 85.9 Å². The van der Waals surface area contributed by atoms with E-state index in [1.54, 1.807) is 0 Å². The third-order valence-electron chi connectivity index (χ3n) is 11.2. The number of thiophene rings is 2. The van der Waals surface area contributed by atoms with Gasteiger partial charge in [-0.3, -0.25) is 0 Å². The molecule has 0 saturated heterocycles. The van der Waals surface area contributed by atoms with Crippen LogP contribution >= 0.6 is 22.7 Å². The summed E-state index contributed by atoms with van der Waals surface area (Å²) in [6, 6.07) is 27.4. The Labute approximate surface area is 299 Å². The zero-order valence-corrected chi connectivity index (χ0v) is 29.5. The molecule has 3 aromatic heterocycles. The molecule has 0 bridgehead atoms. The summed E-state index contributed by atoms with van der Waals surface area (Å²) < 4.78 is 8.15. The quantitative estimate of drug-likeness (QED) is 0.185. The minimum absolute atomic E-state index is 0.129. The van der Waals surface area contributed by atoms with Crippen LogP contribution in [0.15, 0.2) is 126 Å². The zero-order valence-electron chi connectivity index (χ0n) is 27.8. The number of benzene rings is 4. The molecule has 242 valence electrons. The van der Waals surface area contributed by atoms with Crippen molar-refractivity contribution in [2.45, 2.75) is 38.6 Å². The lowest BCUT2D eigenvalue weighted by Gasteiger charge is -2.32. The van der Waals surface area contributed by atoms with Crippen molar-refractivity contribution in [1.29, 1.82) is 0 Å². The van der Waals surface area contributed by atoms with Gasteiger partial charge in [0.1, 0.15) is 0 Å². The summed E-state index contributed by atoms with van der Waals surface area (Å²) in [4.78, 5) is 5.34. The fourth-order valence-corrected chi connectivity index (χ4v) is 11.4. The summed E-state index contributed by atoms with van der Waals surface area (Å²) in [7, 11) is 0. The van der Waals surface area contributed by atoms with Gasteiger partial charge in [-0.05, 0) is 61.9 Å². The van der Waals surface area contributed by atoms with Crippen molar-refractivity contribution in [3.05, 3.63) is 138 Å². The first-order valence-corrected chi connectivity index (χ1v) is 19.6. The largest absolute Gasteiger partial charge is 0.374 e. The second-order valence-corrected chi connectivity index (χ2v) is 16.3. The van der Waals surface area contributed by atoms with E-state index in [4.69, 9.17) is 4.99 Å².